The van der Waals surface area contributed by atoms with Crippen molar-refractivity contribution >= 4 is 60.9 Å². The Bertz CT molecular complexity index is 4800. The van der Waals surface area contributed by atoms with E-state index in [1.165, 1.54) is 289 Å². The first-order chi connectivity index (χ1) is 48.7. The molecule has 0 fully saturated rings. The smallest absolute Gasteiger partial charge is 0.144 e. The van der Waals surface area contributed by atoms with Crippen LogP contribution < -0.4 is 4.90 Å². The SMILES string of the molecule is CCCCCCCCC1(CCCCCCCC)c2cc(N(c3ccc4c(c3)C(C)(C)c3c5c(c6c(oc7ccccc76)c3-4)-c3ccccc3C5(C)C)c3c(C)cc(C)cc3C)ccc2-c2cc3c(cc21)-c1c(ccc2oc4ccccc4c12)C3(CCCCCCCC)CCCCCCCC. The minimum absolute atomic E-state index is 0.0972. The molecule has 11 aromatic rings. The molecule has 3 heteroatoms. The van der Waals surface area contributed by atoms with Gasteiger partial charge in [0.15, 0.2) is 0 Å². The van der Waals surface area contributed by atoms with Crippen molar-refractivity contribution < 1.29 is 8.83 Å². The van der Waals surface area contributed by atoms with Crippen LogP contribution in [0.1, 0.15) is 296 Å². The van der Waals surface area contributed by atoms with Gasteiger partial charge in [-0.2, -0.15) is 0 Å². The monoisotopic (exact) mass is 1320 g/mol. The lowest BCUT2D eigenvalue weighted by atomic mass is 9.68. The van der Waals surface area contributed by atoms with Gasteiger partial charge < -0.3 is 13.7 Å². The molecule has 9 aromatic carbocycles. The van der Waals surface area contributed by atoms with E-state index < -0.39 is 0 Å². The molecule has 0 spiro atoms. The van der Waals surface area contributed by atoms with Crippen molar-refractivity contribution in [1.82, 2.24) is 0 Å². The van der Waals surface area contributed by atoms with E-state index in [1.807, 2.05) is 0 Å². The summed E-state index contributed by atoms with van der Waals surface area (Å²) in [6, 6.07) is 58.0. The topological polar surface area (TPSA) is 29.5 Å². The third-order valence-corrected chi connectivity index (χ3v) is 25.4. The van der Waals surface area contributed by atoms with Crippen LogP contribution in [-0.2, 0) is 21.7 Å². The van der Waals surface area contributed by atoms with E-state index in [9.17, 15) is 0 Å². The molecule has 4 aliphatic carbocycles. The predicted octanol–water partition coefficient (Wildman–Crippen LogP) is 30.0. The van der Waals surface area contributed by atoms with Crippen molar-refractivity contribution in [3.63, 3.8) is 0 Å². The summed E-state index contributed by atoms with van der Waals surface area (Å²) in [5.74, 6) is 0. The van der Waals surface area contributed by atoms with Crippen LogP contribution in [0.3, 0.4) is 0 Å². The van der Waals surface area contributed by atoms with Crippen LogP contribution in [0.4, 0.5) is 17.1 Å². The molecule has 0 amide bonds. The molecule has 3 nitrogen and oxygen atoms in total. The van der Waals surface area contributed by atoms with Crippen molar-refractivity contribution in [2.45, 2.75) is 278 Å². The maximum absolute atomic E-state index is 7.25. The van der Waals surface area contributed by atoms with E-state index in [-0.39, 0.29) is 21.7 Å². The number of hydrogen-bond donors (Lipinski definition) is 0. The molecule has 2 aromatic heterocycles. The van der Waals surface area contributed by atoms with E-state index >= 15 is 0 Å². The number of anilines is 3. The van der Waals surface area contributed by atoms with Crippen LogP contribution in [0.15, 0.2) is 154 Å². The third-order valence-electron chi connectivity index (χ3n) is 25.4. The lowest BCUT2D eigenvalue weighted by Gasteiger charge is -2.36. The average Bonchev–Trinajstić information content (AvgIpc) is 1.51. The van der Waals surface area contributed by atoms with Gasteiger partial charge in [-0.05, 0) is 196 Å². The van der Waals surface area contributed by atoms with Crippen molar-refractivity contribution in [2.75, 3.05) is 4.90 Å². The normalized spacial score (nSPS) is 15.2. The Morgan fingerprint density at radius 1 is 0.320 bits per heavy atom. The molecule has 2 heterocycles. The minimum atomic E-state index is -0.351. The molecule has 0 saturated carbocycles. The Labute approximate surface area is 600 Å². The zero-order chi connectivity index (χ0) is 69.1. The molecule has 0 bridgehead atoms. The number of furan rings is 2. The lowest BCUT2D eigenvalue weighted by molar-refractivity contribution is 0.394. The second kappa shape index (κ2) is 28.0. The van der Waals surface area contributed by atoms with Crippen molar-refractivity contribution in [1.29, 1.82) is 0 Å². The van der Waals surface area contributed by atoms with Gasteiger partial charge in [0.1, 0.15) is 22.3 Å². The molecule has 0 N–H and O–H groups in total. The number of nitrogens with zero attached hydrogens (tertiary/aromatic N) is 1. The first-order valence-electron chi connectivity index (χ1n) is 40.2. The minimum Gasteiger partial charge on any atom is -0.456 e. The molecule has 0 unspecified atom stereocenters. The summed E-state index contributed by atoms with van der Waals surface area (Å²) in [6.45, 7) is 26.4. The Hall–Kier alpha value is -7.62. The molecule has 4 aliphatic rings. The van der Waals surface area contributed by atoms with Gasteiger partial charge in [-0.1, -0.05) is 306 Å². The number of rotatable bonds is 31. The highest BCUT2D eigenvalue weighted by Crippen LogP contribution is 2.66. The number of benzene rings is 9. The van der Waals surface area contributed by atoms with Crippen LogP contribution in [0, 0.1) is 20.8 Å². The van der Waals surface area contributed by atoms with Gasteiger partial charge in [-0.25, -0.2) is 0 Å². The molecule has 100 heavy (non-hydrogen) atoms. The summed E-state index contributed by atoms with van der Waals surface area (Å²) in [5.41, 5.74) is 34.0. The van der Waals surface area contributed by atoms with Gasteiger partial charge in [-0.3, -0.25) is 0 Å². The van der Waals surface area contributed by atoms with Gasteiger partial charge in [0.2, 0.25) is 0 Å². The maximum atomic E-state index is 7.25. The summed E-state index contributed by atoms with van der Waals surface area (Å²) < 4.78 is 14.2. The van der Waals surface area contributed by atoms with Gasteiger partial charge in [0.25, 0.3) is 0 Å². The van der Waals surface area contributed by atoms with Crippen LogP contribution >= 0.6 is 0 Å². The molecular formula is C97H113NO2. The molecular weight excluding hydrogens is 1210 g/mol. The fourth-order valence-electron chi connectivity index (χ4n) is 20.7. The number of aryl methyl sites for hydroxylation is 3. The Morgan fingerprint density at radius 2 is 0.760 bits per heavy atom. The molecule has 15 rings (SSSR count). The van der Waals surface area contributed by atoms with Crippen molar-refractivity contribution in [3.05, 3.63) is 207 Å². The van der Waals surface area contributed by atoms with E-state index in [2.05, 4.69) is 227 Å². The highest BCUT2D eigenvalue weighted by atomic mass is 16.3. The van der Waals surface area contributed by atoms with E-state index in [0.717, 1.165) is 35.2 Å². The number of para-hydroxylation sites is 2. The van der Waals surface area contributed by atoms with Gasteiger partial charge in [-0.15, -0.1) is 0 Å². The average molecular weight is 1320 g/mol. The zero-order valence-electron chi connectivity index (χ0n) is 62.9. The molecule has 0 aliphatic heterocycles. The number of unbranched alkanes of at least 4 members (excludes halogenated alkanes) is 20. The first-order valence-corrected chi connectivity index (χ1v) is 40.2. The summed E-state index contributed by atoms with van der Waals surface area (Å²) in [7, 11) is 0. The van der Waals surface area contributed by atoms with Crippen LogP contribution in [-0.4, -0.2) is 0 Å². The van der Waals surface area contributed by atoms with E-state index in [1.54, 1.807) is 22.3 Å². The lowest BCUT2D eigenvalue weighted by Crippen LogP contribution is -2.27. The van der Waals surface area contributed by atoms with Crippen LogP contribution in [0.5, 0.6) is 0 Å². The second-order valence-electron chi connectivity index (χ2n) is 32.8. The predicted molar refractivity (Wildman–Crippen MR) is 429 cm³/mol. The maximum Gasteiger partial charge on any atom is 0.144 e. The van der Waals surface area contributed by atoms with E-state index in [0.29, 0.717) is 0 Å². The van der Waals surface area contributed by atoms with Gasteiger partial charge in [0, 0.05) is 60.1 Å². The quantitative estimate of drug-likeness (QED) is 0.0406. The van der Waals surface area contributed by atoms with Crippen LogP contribution in [0.25, 0.3) is 88.4 Å². The Balaban J connectivity index is 0.947. The molecule has 0 atom stereocenters. The molecule has 0 radical (unpaired) electrons. The van der Waals surface area contributed by atoms with Crippen LogP contribution in [0.2, 0.25) is 0 Å². The summed E-state index contributed by atoms with van der Waals surface area (Å²) in [6.07, 6.45) is 35.7. The van der Waals surface area contributed by atoms with Crippen molar-refractivity contribution in [2.24, 2.45) is 0 Å². The summed E-state index contributed by atoms with van der Waals surface area (Å²) in [4.78, 5) is 2.71. The third kappa shape index (κ3) is 11.3. The second-order valence-corrected chi connectivity index (χ2v) is 32.8. The summed E-state index contributed by atoms with van der Waals surface area (Å²) in [5, 5.41) is 5.05. The number of fused-ring (bicyclic) bond motifs is 22. The van der Waals surface area contributed by atoms with Gasteiger partial charge in [0.05, 0.1) is 5.69 Å². The highest BCUT2D eigenvalue weighted by molar-refractivity contribution is 6.21. The van der Waals surface area contributed by atoms with Crippen molar-refractivity contribution in [3.8, 4) is 44.5 Å². The van der Waals surface area contributed by atoms with E-state index in [4.69, 9.17) is 8.83 Å². The zero-order valence-corrected chi connectivity index (χ0v) is 62.9. The molecule has 0 saturated heterocycles. The fourth-order valence-corrected chi connectivity index (χ4v) is 20.7. The van der Waals surface area contributed by atoms with Gasteiger partial charge >= 0.3 is 0 Å². The summed E-state index contributed by atoms with van der Waals surface area (Å²) >= 11 is 0. The Morgan fingerprint density at radius 3 is 1.35 bits per heavy atom. The standard InChI is InChI=1S/C97H113NO2/c1-12-16-20-24-28-38-54-96(55-39-29-25-21-17-13-2)77-52-53-84-86(72-43-33-36-46-82(72)99-84)85(77)75-63-80-74(62-81(75)96)69-50-48-68(61-79(69)97(80,56-40-30-26-22-18-14-3)57-41-31-27-23-19-15-4)98(92-65(6)58-64(5)59-66(92)7)67-49-51-71-78(60-67)95(10,11)91-89(71)93-88(73-44-34-37-47-83(73)100-93)87-70-42-32-35-45-76(70)94(8,9)90(87)91/h32-37,42-53,58-63H,12-31,38-41,54-57H2,1-11H3. The Kier molecular flexibility index (Phi) is 19.1. The molecule has 518 valence electrons. The number of hydrogen-bond acceptors (Lipinski definition) is 3. The largest absolute Gasteiger partial charge is 0.456 e. The highest BCUT2D eigenvalue weighted by Gasteiger charge is 2.51. The fraction of sp³-hybridized carbons (Fsp3) is 0.443. The first kappa shape index (κ1) is 68.2.